The SMILES string of the molecule is Cc1cccc(-n2nc(C3CCOC3)nc2C2CC(N(C)C)C2)c1. The molecule has 0 N–H and O–H groups in total. The highest BCUT2D eigenvalue weighted by molar-refractivity contribution is 5.36. The lowest BCUT2D eigenvalue weighted by Crippen LogP contribution is -2.40. The van der Waals surface area contributed by atoms with Crippen molar-refractivity contribution in [1.82, 2.24) is 19.7 Å². The fourth-order valence-electron chi connectivity index (χ4n) is 3.69. The summed E-state index contributed by atoms with van der Waals surface area (Å²) in [5.74, 6) is 2.93. The van der Waals surface area contributed by atoms with Crippen LogP contribution in [0.3, 0.4) is 0 Å². The van der Waals surface area contributed by atoms with Crippen molar-refractivity contribution in [2.24, 2.45) is 0 Å². The predicted molar refractivity (Wildman–Crippen MR) is 93.7 cm³/mol. The molecule has 1 unspecified atom stereocenters. The molecule has 24 heavy (non-hydrogen) atoms. The van der Waals surface area contributed by atoms with Gasteiger partial charge in [-0.3, -0.25) is 0 Å². The lowest BCUT2D eigenvalue weighted by Gasteiger charge is -2.39. The van der Waals surface area contributed by atoms with Gasteiger partial charge in [0.1, 0.15) is 5.82 Å². The second-order valence-electron chi connectivity index (χ2n) is 7.43. The second kappa shape index (κ2) is 6.30. The Bertz CT molecular complexity index is 712. The van der Waals surface area contributed by atoms with Gasteiger partial charge in [0.15, 0.2) is 5.82 Å². The normalized spacial score (nSPS) is 26.8. The summed E-state index contributed by atoms with van der Waals surface area (Å²) in [5, 5.41) is 4.89. The first-order chi connectivity index (χ1) is 11.6. The van der Waals surface area contributed by atoms with Gasteiger partial charge in [-0.25, -0.2) is 9.67 Å². The van der Waals surface area contributed by atoms with Gasteiger partial charge < -0.3 is 9.64 Å². The van der Waals surface area contributed by atoms with Crippen LogP contribution in [-0.2, 0) is 4.74 Å². The molecule has 1 aliphatic carbocycles. The maximum atomic E-state index is 5.54. The minimum absolute atomic E-state index is 0.347. The fraction of sp³-hybridized carbons (Fsp3) is 0.579. The van der Waals surface area contributed by atoms with Crippen LogP contribution < -0.4 is 0 Å². The summed E-state index contributed by atoms with van der Waals surface area (Å²) in [5.41, 5.74) is 2.37. The Morgan fingerprint density at radius 1 is 1.21 bits per heavy atom. The number of hydrogen-bond donors (Lipinski definition) is 0. The number of hydrogen-bond acceptors (Lipinski definition) is 4. The molecule has 2 fully saturated rings. The number of aromatic nitrogens is 3. The zero-order valence-electron chi connectivity index (χ0n) is 14.8. The first-order valence-electron chi connectivity index (χ1n) is 8.90. The van der Waals surface area contributed by atoms with Gasteiger partial charge in [0.2, 0.25) is 0 Å². The molecular formula is C19H26N4O. The summed E-state index contributed by atoms with van der Waals surface area (Å²) in [7, 11) is 4.32. The van der Waals surface area contributed by atoms with E-state index in [0.717, 1.165) is 49.8 Å². The Morgan fingerprint density at radius 3 is 2.71 bits per heavy atom. The smallest absolute Gasteiger partial charge is 0.156 e. The minimum atomic E-state index is 0.347. The van der Waals surface area contributed by atoms with Crippen LogP contribution in [-0.4, -0.2) is 53.0 Å². The third-order valence-electron chi connectivity index (χ3n) is 5.40. The van der Waals surface area contributed by atoms with E-state index in [1.54, 1.807) is 0 Å². The summed E-state index contributed by atoms with van der Waals surface area (Å²) in [6.07, 6.45) is 3.36. The zero-order valence-corrected chi connectivity index (χ0v) is 14.8. The van der Waals surface area contributed by atoms with E-state index >= 15 is 0 Å². The van der Waals surface area contributed by atoms with E-state index in [9.17, 15) is 0 Å². The molecule has 1 saturated heterocycles. The van der Waals surface area contributed by atoms with Crippen LogP contribution in [0.4, 0.5) is 0 Å². The number of ether oxygens (including phenoxy) is 1. The number of benzene rings is 1. The van der Waals surface area contributed by atoms with Crippen LogP contribution in [0.15, 0.2) is 24.3 Å². The largest absolute Gasteiger partial charge is 0.381 e. The third-order valence-corrected chi connectivity index (χ3v) is 5.40. The van der Waals surface area contributed by atoms with Crippen molar-refractivity contribution >= 4 is 0 Å². The van der Waals surface area contributed by atoms with E-state index in [2.05, 4.69) is 54.9 Å². The molecule has 0 spiro atoms. The molecule has 1 atom stereocenters. The maximum absolute atomic E-state index is 5.54. The van der Waals surface area contributed by atoms with Crippen LogP contribution in [0.5, 0.6) is 0 Å². The van der Waals surface area contributed by atoms with E-state index in [1.807, 2.05) is 0 Å². The fourth-order valence-corrected chi connectivity index (χ4v) is 3.69. The molecule has 4 rings (SSSR count). The van der Waals surface area contributed by atoms with E-state index in [0.29, 0.717) is 17.9 Å². The number of rotatable bonds is 4. The molecule has 1 saturated carbocycles. The van der Waals surface area contributed by atoms with Crippen LogP contribution >= 0.6 is 0 Å². The average Bonchev–Trinajstić information content (AvgIpc) is 3.14. The van der Waals surface area contributed by atoms with Crippen LogP contribution in [0.25, 0.3) is 5.69 Å². The molecule has 2 aromatic rings. The van der Waals surface area contributed by atoms with E-state index in [-0.39, 0.29) is 0 Å². The Balaban J connectivity index is 1.68. The molecule has 5 nitrogen and oxygen atoms in total. The molecule has 2 heterocycles. The second-order valence-corrected chi connectivity index (χ2v) is 7.43. The monoisotopic (exact) mass is 326 g/mol. The van der Waals surface area contributed by atoms with Gasteiger partial charge in [0.05, 0.1) is 12.3 Å². The van der Waals surface area contributed by atoms with Crippen molar-refractivity contribution in [3.8, 4) is 5.69 Å². The Kier molecular flexibility index (Phi) is 4.14. The highest BCUT2D eigenvalue weighted by Gasteiger charge is 2.36. The van der Waals surface area contributed by atoms with Gasteiger partial charge in [0.25, 0.3) is 0 Å². The minimum Gasteiger partial charge on any atom is -0.381 e. The summed E-state index contributed by atoms with van der Waals surface area (Å²) < 4.78 is 7.62. The van der Waals surface area contributed by atoms with Gasteiger partial charge in [-0.1, -0.05) is 12.1 Å². The van der Waals surface area contributed by atoms with Gasteiger partial charge in [-0.05, 0) is 58.0 Å². The van der Waals surface area contributed by atoms with Gasteiger partial charge in [-0.15, -0.1) is 0 Å². The molecule has 1 aliphatic heterocycles. The summed E-state index contributed by atoms with van der Waals surface area (Å²) >= 11 is 0. The predicted octanol–water partition coefficient (Wildman–Crippen LogP) is 2.89. The Morgan fingerprint density at radius 2 is 2.04 bits per heavy atom. The quantitative estimate of drug-likeness (QED) is 0.866. The third kappa shape index (κ3) is 2.87. The van der Waals surface area contributed by atoms with Crippen LogP contribution in [0, 0.1) is 6.92 Å². The van der Waals surface area contributed by atoms with Crippen molar-refractivity contribution in [2.75, 3.05) is 27.3 Å². The van der Waals surface area contributed by atoms with Crippen molar-refractivity contribution in [3.05, 3.63) is 41.5 Å². The van der Waals surface area contributed by atoms with E-state index in [4.69, 9.17) is 14.8 Å². The lowest BCUT2D eigenvalue weighted by molar-refractivity contribution is 0.160. The molecule has 2 aliphatic rings. The molecule has 1 aromatic carbocycles. The molecule has 1 aromatic heterocycles. The van der Waals surface area contributed by atoms with Gasteiger partial charge in [0, 0.05) is 24.5 Å². The molecular weight excluding hydrogens is 300 g/mol. The van der Waals surface area contributed by atoms with Crippen molar-refractivity contribution in [1.29, 1.82) is 0 Å². The maximum Gasteiger partial charge on any atom is 0.156 e. The molecule has 0 bridgehead atoms. The van der Waals surface area contributed by atoms with Crippen LogP contribution in [0.2, 0.25) is 0 Å². The first kappa shape index (κ1) is 15.8. The van der Waals surface area contributed by atoms with Crippen molar-refractivity contribution < 1.29 is 4.74 Å². The highest BCUT2D eigenvalue weighted by Crippen LogP contribution is 2.39. The highest BCUT2D eigenvalue weighted by atomic mass is 16.5. The van der Waals surface area contributed by atoms with Gasteiger partial charge in [-0.2, -0.15) is 5.10 Å². The lowest BCUT2D eigenvalue weighted by atomic mass is 9.79. The molecule has 5 heteroatoms. The number of aryl methyl sites for hydroxylation is 1. The Labute approximate surface area is 143 Å². The van der Waals surface area contributed by atoms with E-state index < -0.39 is 0 Å². The summed E-state index contributed by atoms with van der Waals surface area (Å²) in [4.78, 5) is 7.28. The van der Waals surface area contributed by atoms with Crippen molar-refractivity contribution in [3.63, 3.8) is 0 Å². The molecule has 0 amide bonds. The van der Waals surface area contributed by atoms with Gasteiger partial charge >= 0.3 is 0 Å². The number of nitrogens with zero attached hydrogens (tertiary/aromatic N) is 4. The van der Waals surface area contributed by atoms with E-state index in [1.165, 1.54) is 5.56 Å². The van der Waals surface area contributed by atoms with Crippen molar-refractivity contribution in [2.45, 2.75) is 44.1 Å². The topological polar surface area (TPSA) is 43.2 Å². The van der Waals surface area contributed by atoms with Crippen LogP contribution in [0.1, 0.15) is 48.3 Å². The standard InChI is InChI=1S/C19H26N4O/c1-13-5-4-6-16(9-13)23-19(15-10-17(11-15)22(2)3)20-18(21-23)14-7-8-24-12-14/h4-6,9,14-15,17H,7-8,10-12H2,1-3H3. The summed E-state index contributed by atoms with van der Waals surface area (Å²) in [6.45, 7) is 3.70. The Hall–Kier alpha value is -1.72. The average molecular weight is 326 g/mol. The molecule has 128 valence electrons. The zero-order chi connectivity index (χ0) is 16.7. The molecule has 0 radical (unpaired) electrons. The first-order valence-corrected chi connectivity index (χ1v) is 8.90. The summed E-state index contributed by atoms with van der Waals surface area (Å²) in [6, 6.07) is 9.20.